The molecule has 0 aliphatic heterocycles. The minimum atomic E-state index is 0.479. The summed E-state index contributed by atoms with van der Waals surface area (Å²) in [6.07, 6.45) is 0.891. The van der Waals surface area contributed by atoms with E-state index in [9.17, 15) is 0 Å². The van der Waals surface area contributed by atoms with Gasteiger partial charge in [-0.25, -0.2) is 0 Å². The van der Waals surface area contributed by atoms with E-state index in [-0.39, 0.29) is 0 Å². The van der Waals surface area contributed by atoms with Gasteiger partial charge in [0, 0.05) is 26.9 Å². The second kappa shape index (κ2) is 10.8. The second-order valence-electron chi connectivity index (χ2n) is 4.45. The van der Waals surface area contributed by atoms with Crippen LogP contribution in [0.5, 0.6) is 11.5 Å². The van der Waals surface area contributed by atoms with Crippen LogP contribution in [-0.2, 0) is 16.0 Å². The summed E-state index contributed by atoms with van der Waals surface area (Å²) in [7, 11) is 5.23. The van der Waals surface area contributed by atoms with Gasteiger partial charge in [-0.05, 0) is 47.1 Å². The number of benzene rings is 1. The first kappa shape index (κ1) is 18.2. The van der Waals surface area contributed by atoms with E-state index in [2.05, 4.69) is 21.2 Å². The fourth-order valence-electron chi connectivity index (χ4n) is 1.83. The summed E-state index contributed by atoms with van der Waals surface area (Å²) < 4.78 is 22.4. The van der Waals surface area contributed by atoms with Crippen molar-refractivity contribution in [1.29, 1.82) is 0 Å². The molecule has 0 aliphatic rings. The number of nitrogens with one attached hydrogen (secondary N) is 1. The molecule has 0 spiro atoms. The number of hydrogen-bond acceptors (Lipinski definition) is 5. The summed E-state index contributed by atoms with van der Waals surface area (Å²) in [6, 6.07) is 3.99. The van der Waals surface area contributed by atoms with Gasteiger partial charge in [0.2, 0.25) is 0 Å². The molecule has 0 unspecified atom stereocenters. The van der Waals surface area contributed by atoms with Gasteiger partial charge in [0.15, 0.2) is 11.5 Å². The molecule has 120 valence electrons. The zero-order chi connectivity index (χ0) is 15.5. The molecular weight excluding hydrogens is 338 g/mol. The van der Waals surface area contributed by atoms with Crippen LogP contribution in [0.25, 0.3) is 0 Å². The molecule has 0 radical (unpaired) electrons. The SMILES string of the molecule is CNCc1cc(Br)c(OCCOCCCOC)c(OC)c1. The van der Waals surface area contributed by atoms with Crippen molar-refractivity contribution in [2.45, 2.75) is 13.0 Å². The van der Waals surface area contributed by atoms with Crippen molar-refractivity contribution in [1.82, 2.24) is 5.32 Å². The summed E-state index contributed by atoms with van der Waals surface area (Å²) in [4.78, 5) is 0. The van der Waals surface area contributed by atoms with Gasteiger partial charge in [-0.3, -0.25) is 0 Å². The molecule has 0 heterocycles. The van der Waals surface area contributed by atoms with Gasteiger partial charge in [-0.1, -0.05) is 0 Å². The maximum Gasteiger partial charge on any atom is 0.175 e. The monoisotopic (exact) mass is 361 g/mol. The predicted molar refractivity (Wildman–Crippen MR) is 86.3 cm³/mol. The van der Waals surface area contributed by atoms with Crippen molar-refractivity contribution in [2.24, 2.45) is 0 Å². The van der Waals surface area contributed by atoms with Gasteiger partial charge in [0.1, 0.15) is 6.61 Å². The van der Waals surface area contributed by atoms with Gasteiger partial charge >= 0.3 is 0 Å². The van der Waals surface area contributed by atoms with Crippen molar-refractivity contribution in [2.75, 3.05) is 47.7 Å². The molecule has 0 amide bonds. The smallest absolute Gasteiger partial charge is 0.175 e. The highest BCUT2D eigenvalue weighted by atomic mass is 79.9. The Hall–Kier alpha value is -0.820. The largest absolute Gasteiger partial charge is 0.493 e. The van der Waals surface area contributed by atoms with Crippen LogP contribution in [0, 0.1) is 0 Å². The van der Waals surface area contributed by atoms with Crippen LogP contribution in [0.1, 0.15) is 12.0 Å². The molecule has 6 heteroatoms. The van der Waals surface area contributed by atoms with Crippen molar-refractivity contribution < 1.29 is 18.9 Å². The summed E-state index contributed by atoms with van der Waals surface area (Å²) >= 11 is 3.52. The number of halogens is 1. The van der Waals surface area contributed by atoms with E-state index in [0.717, 1.165) is 23.0 Å². The van der Waals surface area contributed by atoms with Crippen molar-refractivity contribution >= 4 is 15.9 Å². The Morgan fingerprint density at radius 1 is 1.10 bits per heavy atom. The van der Waals surface area contributed by atoms with Crippen LogP contribution >= 0.6 is 15.9 Å². The van der Waals surface area contributed by atoms with E-state index in [1.807, 2.05) is 19.2 Å². The molecule has 0 fully saturated rings. The third-order valence-electron chi connectivity index (χ3n) is 2.78. The number of methoxy groups -OCH3 is 2. The van der Waals surface area contributed by atoms with Crippen LogP contribution < -0.4 is 14.8 Å². The fourth-order valence-corrected chi connectivity index (χ4v) is 2.43. The third-order valence-corrected chi connectivity index (χ3v) is 3.37. The molecule has 1 aromatic carbocycles. The number of hydrogen-bond donors (Lipinski definition) is 1. The lowest BCUT2D eigenvalue weighted by molar-refractivity contribution is 0.0797. The topological polar surface area (TPSA) is 49.0 Å². The van der Waals surface area contributed by atoms with Crippen LogP contribution in [0.15, 0.2) is 16.6 Å². The maximum atomic E-state index is 5.75. The van der Waals surface area contributed by atoms with Crippen LogP contribution in [0.3, 0.4) is 0 Å². The number of rotatable bonds is 11. The van der Waals surface area contributed by atoms with E-state index in [1.165, 1.54) is 0 Å². The van der Waals surface area contributed by atoms with Crippen molar-refractivity contribution in [3.05, 3.63) is 22.2 Å². The Kier molecular flexibility index (Phi) is 9.41. The molecule has 1 N–H and O–H groups in total. The minimum absolute atomic E-state index is 0.479. The van der Waals surface area contributed by atoms with E-state index in [0.29, 0.717) is 37.9 Å². The highest BCUT2D eigenvalue weighted by molar-refractivity contribution is 9.10. The lowest BCUT2D eigenvalue weighted by Gasteiger charge is -2.14. The van der Waals surface area contributed by atoms with Crippen LogP contribution in [0.2, 0.25) is 0 Å². The second-order valence-corrected chi connectivity index (χ2v) is 5.30. The first-order valence-electron chi connectivity index (χ1n) is 6.93. The zero-order valence-corrected chi connectivity index (χ0v) is 14.5. The molecule has 0 aliphatic carbocycles. The fraction of sp³-hybridized carbons (Fsp3) is 0.600. The van der Waals surface area contributed by atoms with Gasteiger partial charge in [0.05, 0.1) is 18.2 Å². The Balaban J connectivity index is 2.46. The normalized spacial score (nSPS) is 10.7. The Morgan fingerprint density at radius 2 is 1.90 bits per heavy atom. The minimum Gasteiger partial charge on any atom is -0.493 e. The van der Waals surface area contributed by atoms with E-state index >= 15 is 0 Å². The lowest BCUT2D eigenvalue weighted by atomic mass is 10.2. The highest BCUT2D eigenvalue weighted by Gasteiger charge is 2.11. The first-order chi connectivity index (χ1) is 10.2. The number of ether oxygens (including phenoxy) is 4. The summed E-state index contributed by atoms with van der Waals surface area (Å²) in [5.74, 6) is 1.42. The molecular formula is C15H24BrNO4. The average Bonchev–Trinajstić information content (AvgIpc) is 2.48. The first-order valence-corrected chi connectivity index (χ1v) is 7.72. The molecule has 0 atom stereocenters. The molecule has 1 rings (SSSR count). The summed E-state index contributed by atoms with van der Waals surface area (Å²) in [5.41, 5.74) is 1.13. The third kappa shape index (κ3) is 6.65. The van der Waals surface area contributed by atoms with Crippen molar-refractivity contribution in [3.8, 4) is 11.5 Å². The molecule has 5 nitrogen and oxygen atoms in total. The average molecular weight is 362 g/mol. The molecule has 0 bridgehead atoms. The zero-order valence-electron chi connectivity index (χ0n) is 12.9. The van der Waals surface area contributed by atoms with Gasteiger partial charge in [0.25, 0.3) is 0 Å². The lowest BCUT2D eigenvalue weighted by Crippen LogP contribution is -2.10. The summed E-state index contributed by atoms with van der Waals surface area (Å²) in [6.45, 7) is 3.19. The van der Waals surface area contributed by atoms with E-state index in [1.54, 1.807) is 14.2 Å². The predicted octanol–water partition coefficient (Wildman–Crippen LogP) is 2.61. The standard InChI is InChI=1S/C15H24BrNO4/c1-17-11-12-9-13(16)15(14(10-12)19-3)21-8-7-20-6-4-5-18-2/h9-10,17H,4-8,11H2,1-3H3. The molecule has 0 aromatic heterocycles. The van der Waals surface area contributed by atoms with E-state index in [4.69, 9.17) is 18.9 Å². The van der Waals surface area contributed by atoms with Gasteiger partial charge in [-0.15, -0.1) is 0 Å². The van der Waals surface area contributed by atoms with Crippen LogP contribution in [0.4, 0.5) is 0 Å². The Morgan fingerprint density at radius 3 is 2.57 bits per heavy atom. The maximum absolute atomic E-state index is 5.75. The van der Waals surface area contributed by atoms with Gasteiger partial charge in [-0.2, -0.15) is 0 Å². The quantitative estimate of drug-likeness (QED) is 0.614. The Labute approximate surface area is 135 Å². The van der Waals surface area contributed by atoms with E-state index < -0.39 is 0 Å². The van der Waals surface area contributed by atoms with Gasteiger partial charge < -0.3 is 24.3 Å². The Bertz CT molecular complexity index is 415. The summed E-state index contributed by atoms with van der Waals surface area (Å²) in [5, 5.41) is 3.11. The molecule has 0 saturated heterocycles. The van der Waals surface area contributed by atoms with Crippen LogP contribution in [-0.4, -0.2) is 47.7 Å². The molecule has 0 saturated carbocycles. The molecule has 21 heavy (non-hydrogen) atoms. The highest BCUT2D eigenvalue weighted by Crippen LogP contribution is 2.36. The molecule has 1 aromatic rings. The van der Waals surface area contributed by atoms with Crippen molar-refractivity contribution in [3.63, 3.8) is 0 Å².